The summed E-state index contributed by atoms with van der Waals surface area (Å²) in [5.41, 5.74) is 2.88. The second-order valence-electron chi connectivity index (χ2n) is 8.16. The Kier molecular flexibility index (Phi) is 5.82. The van der Waals surface area contributed by atoms with Gasteiger partial charge < -0.3 is 10.6 Å². The lowest BCUT2D eigenvalue weighted by Gasteiger charge is -2.22. The Bertz CT molecular complexity index is 829. The van der Waals surface area contributed by atoms with Crippen molar-refractivity contribution in [2.75, 3.05) is 5.32 Å². The highest BCUT2D eigenvalue weighted by Crippen LogP contribution is 2.47. The fourth-order valence-electron chi connectivity index (χ4n) is 3.45. The molecule has 0 unspecified atom stereocenters. The number of amides is 2. The van der Waals surface area contributed by atoms with Gasteiger partial charge in [-0.25, -0.2) is 0 Å². The number of pyridine rings is 1. The topological polar surface area (TPSA) is 71.1 Å². The van der Waals surface area contributed by atoms with Gasteiger partial charge in [0, 0.05) is 11.9 Å². The van der Waals surface area contributed by atoms with Gasteiger partial charge in [0.1, 0.15) is 5.41 Å². The first-order chi connectivity index (χ1) is 13.3. The molecular weight excluding hydrogens is 350 g/mol. The van der Waals surface area contributed by atoms with E-state index < -0.39 is 5.41 Å². The Hall–Kier alpha value is -2.69. The number of nitrogens with one attached hydrogen (secondary N) is 2. The second kappa shape index (κ2) is 8.13. The summed E-state index contributed by atoms with van der Waals surface area (Å²) in [4.78, 5) is 30.1. The predicted molar refractivity (Wildman–Crippen MR) is 111 cm³/mol. The van der Waals surface area contributed by atoms with E-state index in [9.17, 15) is 9.59 Å². The molecule has 5 nitrogen and oxygen atoms in total. The summed E-state index contributed by atoms with van der Waals surface area (Å²) in [6.07, 6.45) is 2.85. The van der Waals surface area contributed by atoms with Crippen LogP contribution in [0.3, 0.4) is 0 Å². The molecule has 2 N–H and O–H groups in total. The third-order valence-corrected chi connectivity index (χ3v) is 5.39. The number of carbonyl (C=O) groups is 2. The van der Waals surface area contributed by atoms with Gasteiger partial charge in [0.2, 0.25) is 11.8 Å². The molecule has 0 radical (unpaired) electrons. The van der Waals surface area contributed by atoms with Gasteiger partial charge in [-0.2, -0.15) is 0 Å². The van der Waals surface area contributed by atoms with Crippen LogP contribution in [0.4, 0.5) is 5.69 Å². The summed E-state index contributed by atoms with van der Waals surface area (Å²) in [6.45, 7) is 8.78. The number of aromatic nitrogens is 1. The average Bonchev–Trinajstić information content (AvgIpc) is 3.49. The number of para-hydroxylation sites is 1. The number of carbonyl (C=O) groups excluding carboxylic acids is 2. The summed E-state index contributed by atoms with van der Waals surface area (Å²) in [6, 6.07) is 11.7. The molecule has 0 atom stereocenters. The minimum Gasteiger partial charge on any atom is -0.350 e. The fraction of sp³-hybridized carbons (Fsp3) is 0.435. The van der Waals surface area contributed by atoms with E-state index in [0.29, 0.717) is 19.4 Å². The molecule has 1 aromatic heterocycles. The summed E-state index contributed by atoms with van der Waals surface area (Å²) < 4.78 is 0. The first-order valence-corrected chi connectivity index (χ1v) is 9.97. The Morgan fingerprint density at radius 1 is 0.964 bits per heavy atom. The van der Waals surface area contributed by atoms with Crippen LogP contribution in [0.5, 0.6) is 0 Å². The number of nitrogens with zero attached hydrogens (tertiary/aromatic N) is 1. The minimum absolute atomic E-state index is 0.207. The second-order valence-corrected chi connectivity index (χ2v) is 8.16. The molecule has 0 aliphatic heterocycles. The molecule has 1 fully saturated rings. The van der Waals surface area contributed by atoms with Gasteiger partial charge in [-0.05, 0) is 47.9 Å². The van der Waals surface area contributed by atoms with Crippen molar-refractivity contribution in [2.24, 2.45) is 5.41 Å². The maximum Gasteiger partial charge on any atom is 0.240 e. The molecule has 1 saturated carbocycles. The zero-order valence-electron chi connectivity index (χ0n) is 17.1. The zero-order valence-corrected chi connectivity index (χ0v) is 17.1. The molecule has 148 valence electrons. The van der Waals surface area contributed by atoms with Crippen LogP contribution < -0.4 is 10.6 Å². The SMILES string of the molecule is CC(C)c1cccc(C(C)C)c1NC(=O)C1(C(=O)NCc2ccccn2)CC1. The van der Waals surface area contributed by atoms with Gasteiger partial charge >= 0.3 is 0 Å². The Morgan fingerprint density at radius 3 is 2.11 bits per heavy atom. The highest BCUT2D eigenvalue weighted by molar-refractivity contribution is 6.13. The molecule has 28 heavy (non-hydrogen) atoms. The third kappa shape index (κ3) is 4.08. The van der Waals surface area contributed by atoms with Gasteiger partial charge in [-0.1, -0.05) is 52.0 Å². The lowest BCUT2D eigenvalue weighted by atomic mass is 9.92. The molecule has 1 heterocycles. The highest BCUT2D eigenvalue weighted by Gasteiger charge is 2.56. The van der Waals surface area contributed by atoms with Crippen LogP contribution in [0.1, 0.15) is 69.2 Å². The summed E-state index contributed by atoms with van der Waals surface area (Å²) >= 11 is 0. The van der Waals surface area contributed by atoms with Gasteiger partial charge in [0.25, 0.3) is 0 Å². The lowest BCUT2D eigenvalue weighted by molar-refractivity contribution is -0.134. The van der Waals surface area contributed by atoms with Crippen molar-refractivity contribution < 1.29 is 9.59 Å². The predicted octanol–water partition coefficient (Wildman–Crippen LogP) is 4.36. The fourth-order valence-corrected chi connectivity index (χ4v) is 3.45. The first-order valence-electron chi connectivity index (χ1n) is 9.97. The van der Waals surface area contributed by atoms with Crippen molar-refractivity contribution in [1.82, 2.24) is 10.3 Å². The van der Waals surface area contributed by atoms with Crippen LogP contribution >= 0.6 is 0 Å². The van der Waals surface area contributed by atoms with E-state index in [0.717, 1.165) is 22.5 Å². The number of benzene rings is 1. The van der Waals surface area contributed by atoms with Gasteiger partial charge in [0.05, 0.1) is 12.2 Å². The largest absolute Gasteiger partial charge is 0.350 e. The molecular formula is C23H29N3O2. The van der Waals surface area contributed by atoms with Crippen LogP contribution in [0.2, 0.25) is 0 Å². The minimum atomic E-state index is -0.965. The zero-order chi connectivity index (χ0) is 20.3. The molecule has 1 aromatic carbocycles. The summed E-state index contributed by atoms with van der Waals surface area (Å²) in [5, 5.41) is 5.99. The van der Waals surface area contributed by atoms with Gasteiger partial charge in [0.15, 0.2) is 0 Å². The number of hydrogen-bond donors (Lipinski definition) is 2. The standard InChI is InChI=1S/C23H29N3O2/c1-15(2)18-9-7-10-19(16(3)4)20(18)26-22(28)23(11-12-23)21(27)25-14-17-8-5-6-13-24-17/h5-10,13,15-16H,11-12,14H2,1-4H3,(H,25,27)(H,26,28). The number of hydrogen-bond acceptors (Lipinski definition) is 3. The van der Waals surface area contributed by atoms with Crippen LogP contribution in [0.25, 0.3) is 0 Å². The van der Waals surface area contributed by atoms with E-state index in [-0.39, 0.29) is 23.7 Å². The Morgan fingerprint density at radius 2 is 1.61 bits per heavy atom. The Labute approximate surface area is 167 Å². The molecule has 5 heteroatoms. The highest BCUT2D eigenvalue weighted by atomic mass is 16.2. The van der Waals surface area contributed by atoms with E-state index in [1.807, 2.05) is 36.4 Å². The Balaban J connectivity index is 1.76. The van der Waals surface area contributed by atoms with Crippen molar-refractivity contribution in [3.63, 3.8) is 0 Å². The molecule has 1 aliphatic rings. The molecule has 3 rings (SSSR count). The molecule has 0 bridgehead atoms. The maximum absolute atomic E-state index is 13.1. The van der Waals surface area contributed by atoms with Crippen LogP contribution in [-0.2, 0) is 16.1 Å². The monoisotopic (exact) mass is 379 g/mol. The summed E-state index contributed by atoms with van der Waals surface area (Å²) in [7, 11) is 0. The van der Waals surface area contributed by atoms with Crippen molar-refractivity contribution in [2.45, 2.75) is 58.9 Å². The molecule has 2 aromatic rings. The quantitative estimate of drug-likeness (QED) is 0.702. The van der Waals surface area contributed by atoms with Crippen LogP contribution in [0.15, 0.2) is 42.6 Å². The van der Waals surface area contributed by atoms with E-state index in [1.54, 1.807) is 6.20 Å². The maximum atomic E-state index is 13.1. The third-order valence-electron chi connectivity index (χ3n) is 5.39. The van der Waals surface area contributed by atoms with E-state index >= 15 is 0 Å². The van der Waals surface area contributed by atoms with Gasteiger partial charge in [-0.3, -0.25) is 14.6 Å². The van der Waals surface area contributed by atoms with Crippen molar-refractivity contribution in [3.8, 4) is 0 Å². The molecule has 1 aliphatic carbocycles. The van der Waals surface area contributed by atoms with Gasteiger partial charge in [-0.15, -0.1) is 0 Å². The van der Waals surface area contributed by atoms with E-state index in [4.69, 9.17) is 0 Å². The normalized spacial score (nSPS) is 14.8. The van der Waals surface area contributed by atoms with Crippen LogP contribution in [-0.4, -0.2) is 16.8 Å². The smallest absolute Gasteiger partial charge is 0.240 e. The van der Waals surface area contributed by atoms with Crippen LogP contribution in [0, 0.1) is 5.41 Å². The van der Waals surface area contributed by atoms with Crippen molar-refractivity contribution in [1.29, 1.82) is 0 Å². The molecule has 0 saturated heterocycles. The summed E-state index contributed by atoms with van der Waals surface area (Å²) in [5.74, 6) is 0.133. The van der Waals surface area contributed by atoms with Crippen molar-refractivity contribution in [3.05, 3.63) is 59.4 Å². The molecule has 2 amide bonds. The average molecular weight is 380 g/mol. The lowest BCUT2D eigenvalue weighted by Crippen LogP contribution is -2.40. The van der Waals surface area contributed by atoms with Crippen molar-refractivity contribution >= 4 is 17.5 Å². The number of rotatable bonds is 7. The first kappa shape index (κ1) is 20.1. The van der Waals surface area contributed by atoms with E-state index in [2.05, 4.69) is 43.3 Å². The van der Waals surface area contributed by atoms with E-state index in [1.165, 1.54) is 0 Å². The molecule has 0 spiro atoms. The number of anilines is 1.